The number of aryl methyl sites for hydroxylation is 2. The Kier molecular flexibility index (Phi) is 9.03. The molecule has 0 aliphatic carbocycles. The van der Waals surface area contributed by atoms with Crippen LogP contribution < -0.4 is 4.90 Å². The summed E-state index contributed by atoms with van der Waals surface area (Å²) in [5, 5.41) is 10.4. The molecule has 9 heteroatoms. The summed E-state index contributed by atoms with van der Waals surface area (Å²) in [5.74, 6) is -2.35. The lowest BCUT2D eigenvalue weighted by Crippen LogP contribution is -2.59. The van der Waals surface area contributed by atoms with Gasteiger partial charge in [0.05, 0.1) is 29.2 Å². The van der Waals surface area contributed by atoms with E-state index in [9.17, 15) is 19.5 Å². The molecular formula is C30H39BrN2O5S. The van der Waals surface area contributed by atoms with Crippen LogP contribution in [0, 0.1) is 31.6 Å². The van der Waals surface area contributed by atoms with Gasteiger partial charge in [-0.15, -0.1) is 18.3 Å². The molecule has 0 saturated carbocycles. The second kappa shape index (κ2) is 11.8. The van der Waals surface area contributed by atoms with Gasteiger partial charge in [0, 0.05) is 22.3 Å². The Hall–Kier alpha value is -2.10. The molecule has 0 radical (unpaired) electrons. The van der Waals surface area contributed by atoms with Crippen LogP contribution in [0.5, 0.6) is 0 Å². The van der Waals surface area contributed by atoms with E-state index in [1.165, 1.54) is 6.08 Å². The lowest BCUT2D eigenvalue weighted by molar-refractivity contribution is -0.153. The number of carbonyl (C=O) groups excluding carboxylic acids is 3. The molecule has 3 saturated heterocycles. The zero-order valence-corrected chi connectivity index (χ0v) is 25.5. The summed E-state index contributed by atoms with van der Waals surface area (Å²) >= 11 is 5.35. The molecule has 1 spiro atoms. The number of esters is 1. The van der Waals surface area contributed by atoms with E-state index in [1.54, 1.807) is 27.6 Å². The van der Waals surface area contributed by atoms with Crippen molar-refractivity contribution >= 4 is 51.2 Å². The molecular weight excluding hydrogens is 580 g/mol. The molecule has 39 heavy (non-hydrogen) atoms. The zero-order chi connectivity index (χ0) is 28.6. The fourth-order valence-corrected chi connectivity index (χ4v) is 10.2. The molecule has 4 rings (SSSR count). The van der Waals surface area contributed by atoms with Crippen LogP contribution in [0.4, 0.5) is 5.69 Å². The summed E-state index contributed by atoms with van der Waals surface area (Å²) in [6.45, 7) is 15.5. The minimum absolute atomic E-state index is 0.0498. The van der Waals surface area contributed by atoms with Gasteiger partial charge in [0.25, 0.3) is 5.91 Å². The monoisotopic (exact) mass is 618 g/mol. The second-order valence-electron chi connectivity index (χ2n) is 11.0. The average Bonchev–Trinajstić information content (AvgIpc) is 3.51. The van der Waals surface area contributed by atoms with Gasteiger partial charge in [-0.2, -0.15) is 0 Å². The first-order valence-corrected chi connectivity index (χ1v) is 15.4. The predicted octanol–water partition coefficient (Wildman–Crippen LogP) is 4.42. The molecule has 3 heterocycles. The number of fused-ring (bicyclic) bond motifs is 1. The van der Waals surface area contributed by atoms with Crippen molar-refractivity contribution in [3.63, 3.8) is 0 Å². The van der Waals surface area contributed by atoms with Gasteiger partial charge in [-0.3, -0.25) is 14.4 Å². The number of anilines is 1. The second-order valence-corrected chi connectivity index (χ2v) is 13.7. The van der Waals surface area contributed by atoms with E-state index in [-0.39, 0.29) is 47.6 Å². The van der Waals surface area contributed by atoms with Crippen molar-refractivity contribution in [1.29, 1.82) is 0 Å². The van der Waals surface area contributed by atoms with E-state index >= 15 is 0 Å². The Bertz CT molecular complexity index is 1160. The van der Waals surface area contributed by atoms with Gasteiger partial charge in [-0.05, 0) is 43.4 Å². The quantitative estimate of drug-likeness (QED) is 0.224. The molecule has 0 aromatic heterocycles. The summed E-state index contributed by atoms with van der Waals surface area (Å²) in [6.07, 6.45) is 4.49. The number of halogens is 1. The van der Waals surface area contributed by atoms with Crippen molar-refractivity contribution in [2.75, 3.05) is 24.7 Å². The molecule has 2 amide bonds. The van der Waals surface area contributed by atoms with Gasteiger partial charge >= 0.3 is 5.97 Å². The molecule has 3 aliphatic heterocycles. The normalized spacial score (nSPS) is 30.6. The molecule has 212 valence electrons. The van der Waals surface area contributed by atoms with Crippen LogP contribution in [-0.2, 0) is 19.1 Å². The highest BCUT2D eigenvalue weighted by Crippen LogP contribution is 2.68. The van der Waals surface area contributed by atoms with E-state index in [0.29, 0.717) is 6.42 Å². The maximum absolute atomic E-state index is 14.8. The minimum Gasteiger partial charge on any atom is -0.461 e. The smallest absolute Gasteiger partial charge is 0.311 e. The Morgan fingerprint density at radius 1 is 1.33 bits per heavy atom. The van der Waals surface area contributed by atoms with Gasteiger partial charge in [-0.1, -0.05) is 67.1 Å². The highest BCUT2D eigenvalue weighted by Gasteiger charge is 2.77. The van der Waals surface area contributed by atoms with E-state index in [0.717, 1.165) is 23.2 Å². The number of aliphatic hydroxyl groups is 1. The van der Waals surface area contributed by atoms with Crippen molar-refractivity contribution in [3.05, 3.63) is 54.6 Å². The van der Waals surface area contributed by atoms with Crippen LogP contribution in [0.2, 0.25) is 0 Å². The largest absolute Gasteiger partial charge is 0.461 e. The standard InChI is InChI=1S/C30H39BrN2O5S/c1-7-12-32(21-14-17(4)10-11-19(21)6)28(36)26-30-15-20(31)25(39-30)23(29(37)38-13-8-2)24(30)27(35)33(26)22(16-34)18(5)9-3/h7-8,10-11,14,18,20,22-26,34H,1-2,9,12-13,15-16H2,3-6H3/t18-,20?,22-,23+,24-,25+,26?,30?/m0/s1. The predicted molar refractivity (Wildman–Crippen MR) is 159 cm³/mol. The SMILES string of the molecule is C=CCOC(=O)[C@H]1[C@@H]2SC3(CC2Br)C(C(=O)N(CC=C)c2cc(C)ccc2C)N([C@@H](CO)[C@@H](C)CC)C(=O)[C@H]13. The number of aliphatic hydroxyl groups excluding tert-OH is 1. The Morgan fingerprint density at radius 3 is 2.67 bits per heavy atom. The summed E-state index contributed by atoms with van der Waals surface area (Å²) in [4.78, 5) is 45.8. The lowest BCUT2D eigenvalue weighted by Gasteiger charge is -2.41. The molecule has 3 fully saturated rings. The first-order valence-electron chi connectivity index (χ1n) is 13.6. The van der Waals surface area contributed by atoms with E-state index < -0.39 is 34.6 Å². The van der Waals surface area contributed by atoms with Crippen LogP contribution in [0.25, 0.3) is 0 Å². The van der Waals surface area contributed by atoms with Gasteiger partial charge in [0.15, 0.2) is 0 Å². The molecule has 3 aliphatic rings. The number of alkyl halides is 1. The van der Waals surface area contributed by atoms with Crippen molar-refractivity contribution < 1.29 is 24.2 Å². The lowest BCUT2D eigenvalue weighted by atomic mass is 9.71. The van der Waals surface area contributed by atoms with Crippen LogP contribution in [-0.4, -0.2) is 74.5 Å². The van der Waals surface area contributed by atoms with E-state index in [2.05, 4.69) is 29.1 Å². The molecule has 7 nitrogen and oxygen atoms in total. The van der Waals surface area contributed by atoms with Crippen LogP contribution in [0.1, 0.15) is 37.8 Å². The van der Waals surface area contributed by atoms with Crippen molar-refractivity contribution in [3.8, 4) is 0 Å². The molecule has 2 bridgehead atoms. The number of hydrogen-bond acceptors (Lipinski definition) is 6. The summed E-state index contributed by atoms with van der Waals surface area (Å²) < 4.78 is 4.65. The Morgan fingerprint density at radius 2 is 2.05 bits per heavy atom. The highest BCUT2D eigenvalue weighted by molar-refractivity contribution is 9.09. The fraction of sp³-hybridized carbons (Fsp3) is 0.567. The first kappa shape index (κ1) is 29.9. The number of carbonyl (C=O) groups is 3. The molecule has 8 atom stereocenters. The number of rotatable bonds is 11. The molecule has 1 N–H and O–H groups in total. The number of hydrogen-bond donors (Lipinski definition) is 1. The van der Waals surface area contributed by atoms with Crippen LogP contribution in [0.15, 0.2) is 43.5 Å². The van der Waals surface area contributed by atoms with E-state index in [4.69, 9.17) is 4.74 Å². The summed E-state index contributed by atoms with van der Waals surface area (Å²) in [7, 11) is 0. The van der Waals surface area contributed by atoms with Crippen molar-refractivity contribution in [2.24, 2.45) is 17.8 Å². The van der Waals surface area contributed by atoms with Crippen molar-refractivity contribution in [2.45, 2.75) is 67.4 Å². The highest BCUT2D eigenvalue weighted by atomic mass is 79.9. The third-order valence-corrected chi connectivity index (χ3v) is 11.9. The first-order chi connectivity index (χ1) is 18.6. The number of amides is 2. The Balaban J connectivity index is 1.88. The maximum Gasteiger partial charge on any atom is 0.311 e. The van der Waals surface area contributed by atoms with E-state index in [1.807, 2.05) is 45.9 Å². The van der Waals surface area contributed by atoms with Gasteiger partial charge < -0.3 is 19.6 Å². The van der Waals surface area contributed by atoms with Gasteiger partial charge in [0.2, 0.25) is 5.91 Å². The molecule has 1 aromatic carbocycles. The number of likely N-dealkylation sites (tertiary alicyclic amines) is 1. The van der Waals surface area contributed by atoms with Crippen LogP contribution in [0.3, 0.4) is 0 Å². The van der Waals surface area contributed by atoms with Crippen molar-refractivity contribution in [1.82, 2.24) is 4.90 Å². The summed E-state index contributed by atoms with van der Waals surface area (Å²) in [6, 6.07) is 4.56. The minimum atomic E-state index is -0.853. The van der Waals surface area contributed by atoms with Gasteiger partial charge in [-0.25, -0.2) is 0 Å². The van der Waals surface area contributed by atoms with Crippen LogP contribution >= 0.6 is 27.7 Å². The van der Waals surface area contributed by atoms with Gasteiger partial charge in [0.1, 0.15) is 12.6 Å². The third kappa shape index (κ3) is 4.88. The number of benzene rings is 1. The number of thioether (sulfide) groups is 1. The summed E-state index contributed by atoms with van der Waals surface area (Å²) in [5.41, 5.74) is 2.72. The Labute approximate surface area is 244 Å². The average molecular weight is 620 g/mol. The zero-order valence-electron chi connectivity index (χ0n) is 23.1. The number of nitrogens with zero attached hydrogens (tertiary/aromatic N) is 2. The molecule has 3 unspecified atom stereocenters. The third-order valence-electron chi connectivity index (χ3n) is 8.65. The number of ether oxygens (including phenoxy) is 1. The fourth-order valence-electron chi connectivity index (χ4n) is 6.62. The maximum atomic E-state index is 14.8. The molecule has 1 aromatic rings. The topological polar surface area (TPSA) is 87.2 Å².